The number of halogens is 2. The Bertz CT molecular complexity index is 981. The van der Waals surface area contributed by atoms with Crippen LogP contribution in [0.15, 0.2) is 24.4 Å². The van der Waals surface area contributed by atoms with E-state index in [1.165, 1.54) is 11.3 Å². The molecule has 3 aromatic rings. The number of rotatable bonds is 2. The molecule has 0 fully saturated rings. The first-order valence-corrected chi connectivity index (χ1v) is 8.62. The zero-order valence-electron chi connectivity index (χ0n) is 12.0. The normalized spacial score (nSPS) is 16.8. The molecule has 9 heteroatoms. The lowest BCUT2D eigenvalue weighted by Crippen LogP contribution is -2.47. The van der Waals surface area contributed by atoms with Gasteiger partial charge in [0.2, 0.25) is 5.91 Å². The minimum absolute atomic E-state index is 0.265. The number of anilines is 1. The van der Waals surface area contributed by atoms with Crippen LogP contribution in [-0.2, 0) is 11.2 Å². The monoisotopic (exact) mass is 380 g/mol. The molecule has 0 spiro atoms. The summed E-state index contributed by atoms with van der Waals surface area (Å²) >= 11 is 13.3. The summed E-state index contributed by atoms with van der Waals surface area (Å²) in [5.41, 5.74) is 2.37. The number of pyridine rings is 1. The average Bonchev–Trinajstić information content (AvgIpc) is 3.08. The lowest BCUT2D eigenvalue weighted by atomic mass is 10.0. The lowest BCUT2D eigenvalue weighted by molar-refractivity contribution is -0.118. The molecule has 1 atom stereocenters. The molecule has 4 heterocycles. The molecule has 0 saturated carbocycles. The fourth-order valence-electron chi connectivity index (χ4n) is 2.61. The maximum Gasteiger partial charge on any atom is 0.268 e. The summed E-state index contributed by atoms with van der Waals surface area (Å²) in [7, 11) is 0. The van der Waals surface area contributed by atoms with Crippen LogP contribution < -0.4 is 10.6 Å². The number of carbonyl (C=O) groups excluding carboxylic acids is 2. The summed E-state index contributed by atoms with van der Waals surface area (Å²) in [6, 6.07) is 4.52. The Morgan fingerprint density at radius 2 is 2.25 bits per heavy atom. The van der Waals surface area contributed by atoms with Crippen molar-refractivity contribution in [1.82, 2.24) is 15.3 Å². The van der Waals surface area contributed by atoms with E-state index in [2.05, 4.69) is 20.6 Å². The second-order valence-corrected chi connectivity index (χ2v) is 7.36. The van der Waals surface area contributed by atoms with Crippen LogP contribution in [-0.4, -0.2) is 27.8 Å². The van der Waals surface area contributed by atoms with E-state index in [1.807, 2.05) is 0 Å². The van der Waals surface area contributed by atoms with Crippen molar-refractivity contribution in [2.45, 2.75) is 12.5 Å². The zero-order valence-corrected chi connectivity index (χ0v) is 14.4. The molecule has 0 aliphatic carbocycles. The smallest absolute Gasteiger partial charge is 0.268 e. The lowest BCUT2D eigenvalue weighted by Gasteiger charge is -2.24. The Morgan fingerprint density at radius 1 is 1.42 bits per heavy atom. The van der Waals surface area contributed by atoms with Gasteiger partial charge in [-0.2, -0.15) is 0 Å². The number of aromatic amines is 1. The van der Waals surface area contributed by atoms with Crippen molar-refractivity contribution < 1.29 is 9.59 Å². The van der Waals surface area contributed by atoms with E-state index < -0.39 is 6.04 Å². The summed E-state index contributed by atoms with van der Waals surface area (Å²) in [4.78, 5) is 31.7. The number of amides is 2. The summed E-state index contributed by atoms with van der Waals surface area (Å²) in [6.07, 6.45) is 2.00. The second kappa shape index (κ2) is 5.77. The predicted molar refractivity (Wildman–Crippen MR) is 94.0 cm³/mol. The number of hydrogen-bond donors (Lipinski definition) is 3. The molecule has 3 aromatic heterocycles. The Kier molecular flexibility index (Phi) is 3.71. The van der Waals surface area contributed by atoms with Crippen molar-refractivity contribution in [2.24, 2.45) is 0 Å². The van der Waals surface area contributed by atoms with E-state index in [0.29, 0.717) is 32.7 Å². The van der Waals surface area contributed by atoms with Crippen LogP contribution in [0.4, 0.5) is 5.69 Å². The first-order valence-electron chi connectivity index (χ1n) is 7.05. The van der Waals surface area contributed by atoms with Crippen molar-refractivity contribution >= 4 is 62.3 Å². The van der Waals surface area contributed by atoms with Gasteiger partial charge in [0.1, 0.15) is 16.1 Å². The third-order valence-corrected chi connectivity index (χ3v) is 5.72. The Morgan fingerprint density at radius 3 is 3.04 bits per heavy atom. The number of thiophene rings is 1. The quantitative estimate of drug-likeness (QED) is 0.637. The fourth-order valence-corrected chi connectivity index (χ4v) is 4.10. The maximum atomic E-state index is 12.4. The summed E-state index contributed by atoms with van der Waals surface area (Å²) in [5, 5.41) is 5.85. The van der Waals surface area contributed by atoms with Gasteiger partial charge in [-0.3, -0.25) is 14.6 Å². The first kappa shape index (κ1) is 15.4. The van der Waals surface area contributed by atoms with Crippen LogP contribution in [0, 0.1) is 0 Å². The molecule has 3 N–H and O–H groups in total. The molecule has 0 bridgehead atoms. The molecule has 4 rings (SSSR count). The van der Waals surface area contributed by atoms with Gasteiger partial charge in [0.05, 0.1) is 26.6 Å². The highest BCUT2D eigenvalue weighted by atomic mass is 35.5. The number of hydrogen-bond acceptors (Lipinski definition) is 4. The van der Waals surface area contributed by atoms with Gasteiger partial charge in [0, 0.05) is 12.6 Å². The summed E-state index contributed by atoms with van der Waals surface area (Å²) < 4.78 is 1.26. The van der Waals surface area contributed by atoms with Crippen molar-refractivity contribution in [1.29, 1.82) is 0 Å². The van der Waals surface area contributed by atoms with Gasteiger partial charge in [-0.1, -0.05) is 23.2 Å². The number of H-pyrrole nitrogens is 1. The molecule has 1 unspecified atom stereocenters. The number of nitrogens with one attached hydrogen (secondary N) is 3. The average molecular weight is 381 g/mol. The van der Waals surface area contributed by atoms with Crippen LogP contribution >= 0.6 is 34.5 Å². The van der Waals surface area contributed by atoms with E-state index in [-0.39, 0.29) is 11.8 Å². The minimum Gasteiger partial charge on any atom is -0.349 e. The third-order valence-electron chi connectivity index (χ3n) is 3.79. The van der Waals surface area contributed by atoms with E-state index in [1.54, 1.807) is 24.4 Å². The highest BCUT2D eigenvalue weighted by molar-refractivity contribution is 7.23. The maximum absolute atomic E-state index is 12.4. The standard InChI is InChI=1S/C15H10Cl2N4O2S/c16-11-12-10(24-13(11)17)5-9(19-12)15(23)21-8-4-7-6(20-14(8)22)2-1-3-18-7/h1-3,5,8,19H,4H2,(H,20,22)(H,21,23). The van der Waals surface area contributed by atoms with Crippen LogP contribution in [0.5, 0.6) is 0 Å². The second-order valence-electron chi connectivity index (χ2n) is 5.33. The molecule has 0 radical (unpaired) electrons. The number of nitrogens with zero attached hydrogens (tertiary/aromatic N) is 1. The molecular weight excluding hydrogens is 371 g/mol. The summed E-state index contributed by atoms with van der Waals surface area (Å²) in [6.45, 7) is 0. The molecule has 6 nitrogen and oxygen atoms in total. The molecule has 1 aliphatic heterocycles. The Balaban J connectivity index is 1.56. The number of fused-ring (bicyclic) bond motifs is 2. The highest BCUT2D eigenvalue weighted by Crippen LogP contribution is 2.38. The van der Waals surface area contributed by atoms with E-state index in [4.69, 9.17) is 23.2 Å². The van der Waals surface area contributed by atoms with Crippen molar-refractivity contribution in [2.75, 3.05) is 5.32 Å². The van der Waals surface area contributed by atoms with Gasteiger partial charge in [-0.05, 0) is 18.2 Å². The molecule has 0 aromatic carbocycles. The topological polar surface area (TPSA) is 86.9 Å². The van der Waals surface area contributed by atoms with E-state index >= 15 is 0 Å². The molecule has 0 saturated heterocycles. The summed E-state index contributed by atoms with van der Waals surface area (Å²) in [5.74, 6) is -0.650. The fraction of sp³-hybridized carbons (Fsp3) is 0.133. The first-order chi connectivity index (χ1) is 11.5. The Hall–Kier alpha value is -2.09. The SMILES string of the molecule is O=C(NC1Cc2ncccc2NC1=O)c1cc2sc(Cl)c(Cl)c2[nH]1. The van der Waals surface area contributed by atoms with Crippen LogP contribution in [0.1, 0.15) is 16.2 Å². The van der Waals surface area contributed by atoms with Gasteiger partial charge in [-0.25, -0.2) is 0 Å². The third kappa shape index (κ3) is 2.54. The van der Waals surface area contributed by atoms with E-state index in [9.17, 15) is 9.59 Å². The van der Waals surface area contributed by atoms with Crippen molar-refractivity contribution in [3.8, 4) is 0 Å². The predicted octanol–water partition coefficient (Wildman–Crippen LogP) is 3.22. The molecule has 122 valence electrons. The van der Waals surface area contributed by atoms with Gasteiger partial charge in [-0.15, -0.1) is 11.3 Å². The van der Waals surface area contributed by atoms with Crippen LogP contribution in [0.25, 0.3) is 10.2 Å². The van der Waals surface area contributed by atoms with Gasteiger partial charge in [0.15, 0.2) is 0 Å². The molecular formula is C15H10Cl2N4O2S. The van der Waals surface area contributed by atoms with Gasteiger partial charge >= 0.3 is 0 Å². The molecule has 2 amide bonds. The van der Waals surface area contributed by atoms with Gasteiger partial charge in [0.25, 0.3) is 5.91 Å². The molecule has 1 aliphatic rings. The highest BCUT2D eigenvalue weighted by Gasteiger charge is 2.29. The van der Waals surface area contributed by atoms with E-state index in [0.717, 1.165) is 10.4 Å². The zero-order chi connectivity index (χ0) is 16.8. The van der Waals surface area contributed by atoms with Crippen LogP contribution in [0.2, 0.25) is 9.36 Å². The van der Waals surface area contributed by atoms with Gasteiger partial charge < -0.3 is 15.6 Å². The number of carbonyl (C=O) groups is 2. The van der Waals surface area contributed by atoms with Crippen LogP contribution in [0.3, 0.4) is 0 Å². The minimum atomic E-state index is -0.680. The van der Waals surface area contributed by atoms with Crippen molar-refractivity contribution in [3.05, 3.63) is 45.1 Å². The Labute approximate surface area is 150 Å². The number of aromatic nitrogens is 2. The van der Waals surface area contributed by atoms with Crippen molar-refractivity contribution in [3.63, 3.8) is 0 Å². The molecule has 24 heavy (non-hydrogen) atoms. The largest absolute Gasteiger partial charge is 0.349 e.